The van der Waals surface area contributed by atoms with Gasteiger partial charge in [-0.05, 0) is 98.7 Å². The largest absolute Gasteiger partial charge is 0.506 e. The number of benzene rings is 3. The van der Waals surface area contributed by atoms with E-state index in [-0.39, 0.29) is 41.8 Å². The third-order valence-electron chi connectivity index (χ3n) is 15.4. The second-order valence-corrected chi connectivity index (χ2v) is 19.0. The fourth-order valence-electron chi connectivity index (χ4n) is 11.7. The van der Waals surface area contributed by atoms with E-state index in [1.54, 1.807) is 29.0 Å². The molecule has 4 amide bonds. The Kier molecular flexibility index (Phi) is 11.6. The maximum absolute atomic E-state index is 13.9. The fraction of sp³-hybridized carbons (Fsp3) is 0.551. The zero-order valence-corrected chi connectivity index (χ0v) is 36.5. The van der Waals surface area contributed by atoms with Crippen LogP contribution in [0.3, 0.4) is 0 Å². The molecular formula is C49H61N7O7. The van der Waals surface area contributed by atoms with Crippen molar-refractivity contribution in [2.24, 2.45) is 17.3 Å². The Morgan fingerprint density at radius 2 is 1.38 bits per heavy atom. The van der Waals surface area contributed by atoms with E-state index < -0.39 is 11.5 Å². The average molecular weight is 860 g/mol. The van der Waals surface area contributed by atoms with Crippen LogP contribution in [-0.4, -0.2) is 135 Å². The van der Waals surface area contributed by atoms with E-state index in [0.29, 0.717) is 62.1 Å². The lowest BCUT2D eigenvalue weighted by Gasteiger charge is -2.57. The molecule has 1 spiro atoms. The number of phenols is 1. The van der Waals surface area contributed by atoms with Crippen LogP contribution in [0.4, 0.5) is 17.1 Å². The average Bonchev–Trinajstić information content (AvgIpc) is 3.64. The predicted octanol–water partition coefficient (Wildman–Crippen LogP) is 4.80. The monoisotopic (exact) mass is 859 g/mol. The topological polar surface area (TPSA) is 138 Å². The first-order valence-electron chi connectivity index (χ1n) is 23.3. The number of methoxy groups -OCH3 is 1. The van der Waals surface area contributed by atoms with Crippen LogP contribution in [-0.2, 0) is 25.7 Å². The number of hydrogen-bond acceptors (Lipinski definition) is 11. The van der Waals surface area contributed by atoms with Gasteiger partial charge >= 0.3 is 0 Å². The van der Waals surface area contributed by atoms with Crippen molar-refractivity contribution in [1.29, 1.82) is 0 Å². The predicted molar refractivity (Wildman–Crippen MR) is 239 cm³/mol. The number of hydrogen-bond donors (Lipinski definition) is 2. The number of piperidine rings is 3. The number of ether oxygens (including phenoxy) is 2. The fourth-order valence-corrected chi connectivity index (χ4v) is 11.7. The first kappa shape index (κ1) is 41.8. The Morgan fingerprint density at radius 1 is 0.762 bits per heavy atom. The standard InChI is InChI=1S/C49H61N7O7/c1-62-43-29-37(7-9-39(43)45-49(16-26-63-27-17-49)48(61)56(45)40-4-2-3-5-42(40)57)54-20-14-34(15-21-54)31-52-24-22-51(23-25-52)30-33-12-18-53(19-13-33)36-6-8-38-35(28-36)32-55(47(38)60)41-10-11-44(58)50-46(41)59/h2-9,28-29,33-34,41,45,57H,10-27,30-32H2,1H3,(H,50,58,59)/t41?,45-/m0/s1. The third-order valence-corrected chi connectivity index (χ3v) is 15.4. The van der Waals surface area contributed by atoms with Crippen LogP contribution in [0, 0.1) is 17.3 Å². The second kappa shape index (κ2) is 17.4. The van der Waals surface area contributed by atoms with Gasteiger partial charge in [0.2, 0.25) is 17.7 Å². The van der Waals surface area contributed by atoms with Gasteiger partial charge in [-0.1, -0.05) is 18.2 Å². The van der Waals surface area contributed by atoms with Crippen molar-refractivity contribution in [3.05, 3.63) is 77.4 Å². The van der Waals surface area contributed by atoms with Crippen molar-refractivity contribution >= 4 is 40.7 Å². The highest BCUT2D eigenvalue weighted by Crippen LogP contribution is 2.60. The molecule has 7 heterocycles. The number of phenolic OH excluding ortho intramolecular Hbond substituents is 1. The lowest BCUT2D eigenvalue weighted by atomic mass is 9.62. The highest BCUT2D eigenvalue weighted by molar-refractivity contribution is 6.08. The Balaban J connectivity index is 0.678. The summed E-state index contributed by atoms with van der Waals surface area (Å²) in [6, 6.07) is 18.8. The number of β-lactam (4-membered cyclic amide) rings is 1. The molecule has 0 bridgehead atoms. The molecule has 334 valence electrons. The van der Waals surface area contributed by atoms with Gasteiger partial charge in [0.1, 0.15) is 17.5 Å². The highest BCUT2D eigenvalue weighted by Gasteiger charge is 2.62. The molecule has 3 aromatic carbocycles. The Labute approximate surface area is 370 Å². The molecule has 14 nitrogen and oxygen atoms in total. The Morgan fingerprint density at radius 3 is 2.00 bits per heavy atom. The van der Waals surface area contributed by atoms with Crippen molar-refractivity contribution in [3.8, 4) is 11.5 Å². The lowest BCUT2D eigenvalue weighted by Crippen LogP contribution is -2.65. The van der Waals surface area contributed by atoms with Crippen LogP contribution in [0.5, 0.6) is 11.5 Å². The molecule has 2 atom stereocenters. The molecule has 6 fully saturated rings. The summed E-state index contributed by atoms with van der Waals surface area (Å²) >= 11 is 0. The van der Waals surface area contributed by atoms with Gasteiger partial charge in [-0.2, -0.15) is 0 Å². The molecule has 6 saturated heterocycles. The molecule has 0 saturated carbocycles. The number of carbonyl (C=O) groups excluding carboxylic acids is 4. The zero-order valence-electron chi connectivity index (χ0n) is 36.5. The minimum Gasteiger partial charge on any atom is -0.506 e. The number of imide groups is 1. The number of nitrogens with one attached hydrogen (secondary N) is 1. The normalized spacial score (nSPS) is 25.1. The number of fused-ring (bicyclic) bond motifs is 1. The molecule has 2 N–H and O–H groups in total. The number of amides is 4. The van der Waals surface area contributed by atoms with Crippen molar-refractivity contribution in [3.63, 3.8) is 0 Å². The van der Waals surface area contributed by atoms with E-state index in [9.17, 15) is 24.3 Å². The van der Waals surface area contributed by atoms with E-state index in [2.05, 4.69) is 55.2 Å². The van der Waals surface area contributed by atoms with Crippen LogP contribution < -0.4 is 24.8 Å². The SMILES string of the molecule is COc1cc(N2CCC(CN3CCN(CC4CCN(c5ccc6c(c5)CN(C5CCC(=O)NC5=O)C6=O)CC4)CC3)CC2)ccc1[C@@H]1N(c2ccccc2O)C(=O)C12CCOCC2. The van der Waals surface area contributed by atoms with Crippen LogP contribution >= 0.6 is 0 Å². The van der Waals surface area contributed by atoms with Gasteiger partial charge in [0.15, 0.2) is 0 Å². The van der Waals surface area contributed by atoms with Gasteiger partial charge in [-0.15, -0.1) is 0 Å². The molecule has 10 rings (SSSR count). The summed E-state index contributed by atoms with van der Waals surface area (Å²) in [7, 11) is 1.71. The molecule has 7 aliphatic rings. The van der Waals surface area contributed by atoms with Crippen molar-refractivity contribution in [2.45, 2.75) is 70.0 Å². The molecule has 14 heteroatoms. The number of carbonyl (C=O) groups is 4. The molecule has 0 aliphatic carbocycles. The summed E-state index contributed by atoms with van der Waals surface area (Å²) in [5.74, 6) is 1.52. The number of piperazine rings is 1. The maximum Gasteiger partial charge on any atom is 0.255 e. The number of para-hydroxylation sites is 2. The van der Waals surface area contributed by atoms with Crippen molar-refractivity contribution < 1.29 is 33.8 Å². The van der Waals surface area contributed by atoms with Crippen LogP contribution in [0.1, 0.15) is 78.9 Å². The summed E-state index contributed by atoms with van der Waals surface area (Å²) in [5.41, 5.74) is 4.87. The zero-order chi connectivity index (χ0) is 43.2. The van der Waals surface area contributed by atoms with E-state index >= 15 is 0 Å². The van der Waals surface area contributed by atoms with E-state index in [1.165, 1.54) is 0 Å². The van der Waals surface area contributed by atoms with Crippen LogP contribution in [0.15, 0.2) is 60.7 Å². The summed E-state index contributed by atoms with van der Waals surface area (Å²) in [6.07, 6.45) is 6.55. The second-order valence-electron chi connectivity index (χ2n) is 19.0. The molecule has 7 aliphatic heterocycles. The number of aromatic hydroxyl groups is 1. The minimum absolute atomic E-state index is 0.0433. The molecule has 0 aromatic heterocycles. The summed E-state index contributed by atoms with van der Waals surface area (Å²) in [5, 5.41) is 13.2. The summed E-state index contributed by atoms with van der Waals surface area (Å²) < 4.78 is 11.8. The van der Waals surface area contributed by atoms with Crippen LogP contribution in [0.25, 0.3) is 0 Å². The summed E-state index contributed by atoms with van der Waals surface area (Å²) in [6.45, 7) is 12.3. The van der Waals surface area contributed by atoms with Crippen molar-refractivity contribution in [1.82, 2.24) is 20.0 Å². The van der Waals surface area contributed by atoms with Crippen LogP contribution in [0.2, 0.25) is 0 Å². The molecule has 63 heavy (non-hydrogen) atoms. The van der Waals surface area contributed by atoms with Gasteiger partial charge in [0.05, 0.1) is 24.3 Å². The highest BCUT2D eigenvalue weighted by atomic mass is 16.5. The first-order valence-corrected chi connectivity index (χ1v) is 23.3. The van der Waals surface area contributed by atoms with Gasteiger partial charge in [-0.3, -0.25) is 29.4 Å². The van der Waals surface area contributed by atoms with Gasteiger partial charge < -0.3 is 39.1 Å². The Bertz CT molecular complexity index is 2220. The molecule has 1 unspecified atom stereocenters. The maximum atomic E-state index is 13.9. The third kappa shape index (κ3) is 7.92. The molecule has 3 aromatic rings. The lowest BCUT2D eigenvalue weighted by molar-refractivity contribution is -0.149. The van der Waals surface area contributed by atoms with Gasteiger partial charge in [0.25, 0.3) is 5.91 Å². The quantitative estimate of drug-likeness (QED) is 0.215. The number of rotatable bonds is 10. The molecular weight excluding hydrogens is 799 g/mol. The van der Waals surface area contributed by atoms with Gasteiger partial charge in [0, 0.05) is 120 Å². The summed E-state index contributed by atoms with van der Waals surface area (Å²) in [4.78, 5) is 64.9. The van der Waals surface area contributed by atoms with Gasteiger partial charge in [-0.25, -0.2) is 0 Å². The minimum atomic E-state index is -0.588. The van der Waals surface area contributed by atoms with E-state index in [4.69, 9.17) is 9.47 Å². The Hall–Kier alpha value is -5.18. The van der Waals surface area contributed by atoms with E-state index in [0.717, 1.165) is 119 Å². The molecule has 0 radical (unpaired) electrons. The smallest absolute Gasteiger partial charge is 0.255 e. The first-order chi connectivity index (χ1) is 30.7. The van der Waals surface area contributed by atoms with E-state index in [1.807, 2.05) is 18.2 Å². The number of anilines is 3. The number of nitrogens with zero attached hydrogens (tertiary/aromatic N) is 6. The van der Waals surface area contributed by atoms with Crippen molar-refractivity contribution in [2.75, 3.05) is 100 Å².